The maximum absolute atomic E-state index is 13.7. The highest BCUT2D eigenvalue weighted by molar-refractivity contribution is 7.89. The zero-order valence-corrected chi connectivity index (χ0v) is 13.6. The zero-order valence-electron chi connectivity index (χ0n) is 12.8. The van der Waals surface area contributed by atoms with Gasteiger partial charge in [0.2, 0.25) is 10.0 Å². The van der Waals surface area contributed by atoms with Crippen LogP contribution in [0.1, 0.15) is 11.7 Å². The summed E-state index contributed by atoms with van der Waals surface area (Å²) >= 11 is 0. The molecule has 0 aliphatic carbocycles. The van der Waals surface area contributed by atoms with Crippen molar-refractivity contribution >= 4 is 10.0 Å². The number of ether oxygens (including phenoxy) is 2. The largest absolute Gasteiger partial charge is 0.496 e. The Balaban J connectivity index is 2.19. The smallest absolute Gasteiger partial charge is 0.243 e. The van der Waals surface area contributed by atoms with Crippen molar-refractivity contribution in [2.45, 2.75) is 11.0 Å². The van der Waals surface area contributed by atoms with Crippen molar-refractivity contribution in [3.8, 4) is 5.75 Å². The predicted octanol–water partition coefficient (Wildman–Crippen LogP) is 2.50. The van der Waals surface area contributed by atoms with E-state index in [0.29, 0.717) is 11.3 Å². The Morgan fingerprint density at radius 3 is 2.39 bits per heavy atom. The van der Waals surface area contributed by atoms with Gasteiger partial charge in [-0.1, -0.05) is 30.3 Å². The molecule has 0 bridgehead atoms. The molecule has 2 aromatic rings. The van der Waals surface area contributed by atoms with E-state index in [4.69, 9.17) is 9.47 Å². The minimum absolute atomic E-state index is 0.0481. The van der Waals surface area contributed by atoms with Gasteiger partial charge in [0, 0.05) is 19.2 Å². The summed E-state index contributed by atoms with van der Waals surface area (Å²) < 4.78 is 51.1. The van der Waals surface area contributed by atoms with Crippen LogP contribution < -0.4 is 9.46 Å². The average Bonchev–Trinajstić information content (AvgIpc) is 2.56. The molecule has 1 unspecified atom stereocenters. The monoisotopic (exact) mass is 339 g/mol. The molecule has 0 spiro atoms. The van der Waals surface area contributed by atoms with Crippen LogP contribution in [-0.2, 0) is 14.8 Å². The second-order valence-corrected chi connectivity index (χ2v) is 6.48. The van der Waals surface area contributed by atoms with Gasteiger partial charge in [-0.05, 0) is 18.2 Å². The van der Waals surface area contributed by atoms with Gasteiger partial charge in [0.25, 0.3) is 0 Å². The third kappa shape index (κ3) is 4.07. The fourth-order valence-electron chi connectivity index (χ4n) is 2.18. The van der Waals surface area contributed by atoms with Crippen molar-refractivity contribution in [3.05, 3.63) is 59.9 Å². The number of rotatable bonds is 7. The topological polar surface area (TPSA) is 64.6 Å². The first-order chi connectivity index (χ1) is 11.0. The molecule has 124 valence electrons. The third-order valence-electron chi connectivity index (χ3n) is 3.36. The second-order valence-electron chi connectivity index (χ2n) is 4.75. The Hall–Kier alpha value is -1.96. The van der Waals surface area contributed by atoms with E-state index < -0.39 is 26.8 Å². The van der Waals surface area contributed by atoms with E-state index in [1.807, 2.05) is 0 Å². The van der Waals surface area contributed by atoms with Crippen LogP contribution in [0.4, 0.5) is 4.39 Å². The van der Waals surface area contributed by atoms with Crippen molar-refractivity contribution in [1.82, 2.24) is 4.72 Å². The number of hydrogen-bond acceptors (Lipinski definition) is 4. The molecule has 0 aromatic heterocycles. The molecule has 5 nitrogen and oxygen atoms in total. The van der Waals surface area contributed by atoms with Crippen molar-refractivity contribution in [3.63, 3.8) is 0 Å². The molecule has 0 heterocycles. The van der Waals surface area contributed by atoms with Crippen LogP contribution in [0.15, 0.2) is 53.4 Å². The lowest BCUT2D eigenvalue weighted by Crippen LogP contribution is -2.30. The van der Waals surface area contributed by atoms with E-state index in [2.05, 4.69) is 4.72 Å². The maximum atomic E-state index is 13.7. The summed E-state index contributed by atoms with van der Waals surface area (Å²) in [7, 11) is -0.980. The van der Waals surface area contributed by atoms with Crippen LogP contribution in [0.25, 0.3) is 0 Å². The Morgan fingerprint density at radius 2 is 1.74 bits per heavy atom. The summed E-state index contributed by atoms with van der Waals surface area (Å²) in [6, 6.07) is 12.4. The summed E-state index contributed by atoms with van der Waals surface area (Å²) in [4.78, 5) is -0.394. The van der Waals surface area contributed by atoms with Crippen molar-refractivity contribution in [2.24, 2.45) is 0 Å². The summed E-state index contributed by atoms with van der Waals surface area (Å²) in [5.74, 6) is -0.212. The van der Waals surface area contributed by atoms with E-state index in [-0.39, 0.29) is 6.54 Å². The van der Waals surface area contributed by atoms with Gasteiger partial charge in [0.1, 0.15) is 16.5 Å². The standard InChI is InChI=1S/C16H18FNO4S/c1-21-14-9-5-3-7-12(14)15(22-2)11-18-23(19,20)16-10-6-4-8-13(16)17/h3-10,15,18H,11H2,1-2H3. The van der Waals surface area contributed by atoms with Gasteiger partial charge in [-0.3, -0.25) is 0 Å². The fraction of sp³-hybridized carbons (Fsp3) is 0.250. The number of methoxy groups -OCH3 is 2. The Kier molecular flexibility index (Phi) is 5.70. The summed E-state index contributed by atoms with van der Waals surface area (Å²) in [5, 5.41) is 0. The molecule has 0 aliphatic rings. The van der Waals surface area contributed by atoms with E-state index in [9.17, 15) is 12.8 Å². The zero-order chi connectivity index (χ0) is 16.9. The molecule has 2 aromatic carbocycles. The van der Waals surface area contributed by atoms with Gasteiger partial charge in [-0.25, -0.2) is 17.5 Å². The fourth-order valence-corrected chi connectivity index (χ4v) is 3.29. The summed E-state index contributed by atoms with van der Waals surface area (Å²) in [6.45, 7) is -0.0481. The lowest BCUT2D eigenvalue weighted by molar-refractivity contribution is 0.105. The molecule has 0 saturated carbocycles. The Bertz CT molecular complexity index is 764. The van der Waals surface area contributed by atoms with Crippen molar-refractivity contribution in [1.29, 1.82) is 0 Å². The SMILES string of the molecule is COc1ccccc1C(CNS(=O)(=O)c1ccccc1F)OC. The molecule has 2 rings (SSSR count). The van der Waals surface area contributed by atoms with Gasteiger partial charge in [-0.2, -0.15) is 0 Å². The van der Waals surface area contributed by atoms with E-state index in [1.165, 1.54) is 32.4 Å². The quantitative estimate of drug-likeness (QED) is 0.842. The molecular weight excluding hydrogens is 321 g/mol. The van der Waals surface area contributed by atoms with Crippen LogP contribution in [0.3, 0.4) is 0 Å². The highest BCUT2D eigenvalue weighted by Gasteiger charge is 2.22. The molecule has 0 fully saturated rings. The van der Waals surface area contributed by atoms with Crippen LogP contribution in [-0.4, -0.2) is 29.2 Å². The van der Waals surface area contributed by atoms with Crippen molar-refractivity contribution < 1.29 is 22.3 Å². The molecule has 0 amide bonds. The number of sulfonamides is 1. The van der Waals surface area contributed by atoms with Gasteiger partial charge < -0.3 is 9.47 Å². The Morgan fingerprint density at radius 1 is 1.09 bits per heavy atom. The van der Waals surface area contributed by atoms with Gasteiger partial charge >= 0.3 is 0 Å². The average molecular weight is 339 g/mol. The van der Waals surface area contributed by atoms with Crippen molar-refractivity contribution in [2.75, 3.05) is 20.8 Å². The Labute approximate surface area is 135 Å². The summed E-state index contributed by atoms with van der Waals surface area (Å²) in [6.07, 6.45) is -0.562. The lowest BCUT2D eigenvalue weighted by Gasteiger charge is -2.19. The van der Waals surface area contributed by atoms with E-state index in [0.717, 1.165) is 6.07 Å². The van der Waals surface area contributed by atoms with E-state index >= 15 is 0 Å². The number of nitrogens with one attached hydrogen (secondary N) is 1. The third-order valence-corrected chi connectivity index (χ3v) is 4.81. The highest BCUT2D eigenvalue weighted by atomic mass is 32.2. The molecular formula is C16H18FNO4S. The molecule has 7 heteroatoms. The molecule has 1 N–H and O–H groups in total. The highest BCUT2D eigenvalue weighted by Crippen LogP contribution is 2.27. The number of hydrogen-bond donors (Lipinski definition) is 1. The second kappa shape index (κ2) is 7.54. The minimum Gasteiger partial charge on any atom is -0.496 e. The molecule has 0 radical (unpaired) electrons. The first kappa shape index (κ1) is 17.4. The number of benzene rings is 2. The maximum Gasteiger partial charge on any atom is 0.243 e. The predicted molar refractivity (Wildman–Crippen MR) is 84.3 cm³/mol. The first-order valence-corrected chi connectivity index (χ1v) is 8.38. The van der Waals surface area contributed by atoms with E-state index in [1.54, 1.807) is 24.3 Å². The number of halogens is 1. The van der Waals surface area contributed by atoms with Crippen LogP contribution in [0.5, 0.6) is 5.75 Å². The molecule has 23 heavy (non-hydrogen) atoms. The van der Waals surface area contributed by atoms with Gasteiger partial charge in [-0.15, -0.1) is 0 Å². The summed E-state index contributed by atoms with van der Waals surface area (Å²) in [5.41, 5.74) is 0.703. The normalized spacial score (nSPS) is 12.8. The molecule has 0 saturated heterocycles. The number of para-hydroxylation sites is 1. The molecule has 1 atom stereocenters. The lowest BCUT2D eigenvalue weighted by atomic mass is 10.1. The van der Waals surface area contributed by atoms with Crippen LogP contribution >= 0.6 is 0 Å². The minimum atomic E-state index is -3.97. The van der Waals surface area contributed by atoms with Crippen LogP contribution in [0.2, 0.25) is 0 Å². The first-order valence-electron chi connectivity index (χ1n) is 6.89. The van der Waals surface area contributed by atoms with Gasteiger partial charge in [0.15, 0.2) is 0 Å². The molecule has 0 aliphatic heterocycles. The van der Waals surface area contributed by atoms with Crippen LogP contribution in [0, 0.1) is 5.82 Å². The van der Waals surface area contributed by atoms with Gasteiger partial charge in [0.05, 0.1) is 13.2 Å².